The molecule has 2 heteroatoms. The summed E-state index contributed by atoms with van der Waals surface area (Å²) in [6.07, 6.45) is 3.88. The van der Waals surface area contributed by atoms with Gasteiger partial charge < -0.3 is 5.32 Å². The van der Waals surface area contributed by atoms with Crippen LogP contribution in [0.2, 0.25) is 0 Å². The van der Waals surface area contributed by atoms with E-state index < -0.39 is 0 Å². The Bertz CT molecular complexity index is 72.2. The van der Waals surface area contributed by atoms with Crippen molar-refractivity contribution < 1.29 is 0 Å². The molecular weight excluding hydrogens is 178 g/mol. The van der Waals surface area contributed by atoms with Gasteiger partial charge >= 0.3 is 0 Å². The Labute approximate surface area is 90.1 Å². The van der Waals surface area contributed by atoms with Crippen molar-refractivity contribution in [3.63, 3.8) is 0 Å². The minimum absolute atomic E-state index is 0.337. The Kier molecular flexibility index (Phi) is 14.9. The van der Waals surface area contributed by atoms with E-state index >= 15 is 0 Å². The first-order chi connectivity index (χ1) is 6.04. The van der Waals surface area contributed by atoms with E-state index in [0.717, 1.165) is 12.5 Å². The largest absolute Gasteiger partial charge is 0.306 e. The van der Waals surface area contributed by atoms with Crippen molar-refractivity contribution in [2.45, 2.75) is 59.3 Å². The lowest BCUT2D eigenvalue weighted by Gasteiger charge is -2.08. The summed E-state index contributed by atoms with van der Waals surface area (Å²) in [5.74, 6) is 0.796. The Hall–Kier alpha value is 0.310. The van der Waals surface area contributed by atoms with Crippen LogP contribution >= 0.6 is 12.6 Å². The highest BCUT2D eigenvalue weighted by atomic mass is 32.1. The molecule has 0 aliphatic carbocycles. The molecule has 0 aromatic carbocycles. The maximum Gasteiger partial charge on any atom is 0.0473 e. The summed E-state index contributed by atoms with van der Waals surface area (Å²) < 4.78 is 0. The van der Waals surface area contributed by atoms with Crippen LogP contribution in [0, 0.1) is 5.92 Å². The SMILES string of the molecule is CC(C)CCNC(C)S.CCCC. The van der Waals surface area contributed by atoms with Crippen molar-refractivity contribution in [2.75, 3.05) is 6.54 Å². The number of rotatable bonds is 5. The second-order valence-corrected chi connectivity index (χ2v) is 4.59. The summed E-state index contributed by atoms with van der Waals surface area (Å²) in [7, 11) is 0. The van der Waals surface area contributed by atoms with Gasteiger partial charge in [0.15, 0.2) is 0 Å². The highest BCUT2D eigenvalue weighted by Crippen LogP contribution is 1.97. The maximum atomic E-state index is 4.19. The molecule has 0 spiro atoms. The van der Waals surface area contributed by atoms with Crippen LogP contribution in [0.5, 0.6) is 0 Å². The van der Waals surface area contributed by atoms with Crippen molar-refractivity contribution in [3.8, 4) is 0 Å². The average molecular weight is 205 g/mol. The third kappa shape index (κ3) is 24.5. The zero-order valence-corrected chi connectivity index (χ0v) is 10.8. The van der Waals surface area contributed by atoms with Gasteiger partial charge in [-0.3, -0.25) is 0 Å². The van der Waals surface area contributed by atoms with Gasteiger partial charge in [-0.15, -0.1) is 0 Å². The highest BCUT2D eigenvalue weighted by molar-refractivity contribution is 7.80. The molecule has 0 fully saturated rings. The molecule has 1 unspecified atom stereocenters. The minimum Gasteiger partial charge on any atom is -0.306 e. The van der Waals surface area contributed by atoms with Crippen molar-refractivity contribution >= 4 is 12.6 Å². The van der Waals surface area contributed by atoms with Gasteiger partial charge in [-0.05, 0) is 25.8 Å². The fourth-order valence-corrected chi connectivity index (χ4v) is 0.710. The van der Waals surface area contributed by atoms with Gasteiger partial charge in [-0.25, -0.2) is 0 Å². The van der Waals surface area contributed by atoms with Crippen LogP contribution < -0.4 is 5.32 Å². The third-order valence-corrected chi connectivity index (χ3v) is 1.84. The smallest absolute Gasteiger partial charge is 0.0473 e. The van der Waals surface area contributed by atoms with E-state index in [1.54, 1.807) is 0 Å². The van der Waals surface area contributed by atoms with Crippen LogP contribution in [0.1, 0.15) is 53.9 Å². The molecule has 0 amide bonds. The zero-order valence-electron chi connectivity index (χ0n) is 9.93. The first-order valence-corrected chi connectivity index (χ1v) is 5.97. The number of hydrogen-bond acceptors (Lipinski definition) is 2. The fourth-order valence-electron chi connectivity index (χ4n) is 0.581. The fraction of sp³-hybridized carbons (Fsp3) is 1.00. The Balaban J connectivity index is 0. The van der Waals surface area contributed by atoms with Crippen molar-refractivity contribution in [1.29, 1.82) is 0 Å². The molecule has 1 nitrogen and oxygen atoms in total. The molecule has 82 valence electrons. The molecular formula is C11H27NS. The van der Waals surface area contributed by atoms with E-state index in [-0.39, 0.29) is 0 Å². The number of unbranched alkanes of at least 4 members (excludes halogenated alkanes) is 1. The molecule has 1 atom stereocenters. The maximum absolute atomic E-state index is 4.19. The molecule has 0 saturated carbocycles. The number of hydrogen-bond donors (Lipinski definition) is 2. The number of nitrogens with one attached hydrogen (secondary N) is 1. The molecule has 0 saturated heterocycles. The van der Waals surface area contributed by atoms with Gasteiger partial charge in [0.1, 0.15) is 0 Å². The van der Waals surface area contributed by atoms with Gasteiger partial charge in [0.05, 0.1) is 0 Å². The Morgan fingerprint density at radius 3 is 1.77 bits per heavy atom. The topological polar surface area (TPSA) is 12.0 Å². The molecule has 0 aromatic rings. The van der Waals surface area contributed by atoms with Crippen LogP contribution in [0.3, 0.4) is 0 Å². The highest BCUT2D eigenvalue weighted by Gasteiger charge is 1.94. The van der Waals surface area contributed by atoms with Crippen molar-refractivity contribution in [2.24, 2.45) is 5.92 Å². The monoisotopic (exact) mass is 205 g/mol. The Morgan fingerprint density at radius 1 is 1.08 bits per heavy atom. The molecule has 0 aromatic heterocycles. The number of thiol groups is 1. The summed E-state index contributed by atoms with van der Waals surface area (Å²) >= 11 is 4.19. The summed E-state index contributed by atoms with van der Waals surface area (Å²) in [6, 6.07) is 0. The van der Waals surface area contributed by atoms with E-state index in [1.165, 1.54) is 19.3 Å². The van der Waals surface area contributed by atoms with E-state index in [9.17, 15) is 0 Å². The normalized spacial score (nSPS) is 12.2. The molecule has 0 aliphatic rings. The molecule has 0 aliphatic heterocycles. The predicted molar refractivity (Wildman–Crippen MR) is 66.5 cm³/mol. The van der Waals surface area contributed by atoms with Crippen LogP contribution in [0.4, 0.5) is 0 Å². The van der Waals surface area contributed by atoms with Gasteiger partial charge in [0, 0.05) is 5.37 Å². The van der Waals surface area contributed by atoms with Crippen molar-refractivity contribution in [1.82, 2.24) is 5.32 Å². The van der Waals surface area contributed by atoms with Gasteiger partial charge in [-0.2, -0.15) is 12.6 Å². The third-order valence-electron chi connectivity index (χ3n) is 1.66. The lowest BCUT2D eigenvalue weighted by atomic mass is 10.1. The van der Waals surface area contributed by atoms with Crippen LogP contribution in [-0.4, -0.2) is 11.9 Å². The van der Waals surface area contributed by atoms with Crippen LogP contribution in [0.25, 0.3) is 0 Å². The molecule has 0 heterocycles. The summed E-state index contributed by atoms with van der Waals surface area (Å²) in [6.45, 7) is 11.9. The zero-order chi connectivity index (χ0) is 10.7. The summed E-state index contributed by atoms with van der Waals surface area (Å²) in [5.41, 5.74) is 0. The first-order valence-electron chi connectivity index (χ1n) is 5.45. The van der Waals surface area contributed by atoms with E-state index in [4.69, 9.17) is 0 Å². The van der Waals surface area contributed by atoms with E-state index in [2.05, 4.69) is 45.6 Å². The van der Waals surface area contributed by atoms with Gasteiger partial charge in [0.2, 0.25) is 0 Å². The summed E-state index contributed by atoms with van der Waals surface area (Å²) in [5, 5.41) is 3.58. The standard InChI is InChI=1S/C7H17NS.C4H10/c1-6(2)4-5-8-7(3)9;1-3-4-2/h6-9H,4-5H2,1-3H3;3-4H2,1-2H3. The second kappa shape index (κ2) is 12.3. The molecule has 0 radical (unpaired) electrons. The predicted octanol–water partition coefficient (Wildman–Crippen LogP) is 3.70. The lowest BCUT2D eigenvalue weighted by Crippen LogP contribution is -2.22. The van der Waals surface area contributed by atoms with Gasteiger partial charge in [-0.1, -0.05) is 40.5 Å². The Morgan fingerprint density at radius 2 is 1.54 bits per heavy atom. The van der Waals surface area contributed by atoms with E-state index in [1.807, 2.05) is 6.92 Å². The van der Waals surface area contributed by atoms with E-state index in [0.29, 0.717) is 5.37 Å². The quantitative estimate of drug-likeness (QED) is 0.515. The molecule has 0 bridgehead atoms. The van der Waals surface area contributed by atoms with Crippen molar-refractivity contribution in [3.05, 3.63) is 0 Å². The van der Waals surface area contributed by atoms with Gasteiger partial charge in [0.25, 0.3) is 0 Å². The average Bonchev–Trinajstić information content (AvgIpc) is 2.03. The lowest BCUT2D eigenvalue weighted by molar-refractivity contribution is 0.538. The van der Waals surface area contributed by atoms with Crippen LogP contribution in [0.15, 0.2) is 0 Å². The molecule has 0 rings (SSSR count). The second-order valence-electron chi connectivity index (χ2n) is 3.81. The first kappa shape index (κ1) is 15.8. The molecule has 1 N–H and O–H groups in total. The summed E-state index contributed by atoms with van der Waals surface area (Å²) in [4.78, 5) is 0. The minimum atomic E-state index is 0.337. The van der Waals surface area contributed by atoms with Crippen LogP contribution in [-0.2, 0) is 0 Å². The molecule has 13 heavy (non-hydrogen) atoms.